The van der Waals surface area contributed by atoms with Crippen LogP contribution in [0.15, 0.2) is 42.9 Å². The van der Waals surface area contributed by atoms with E-state index in [1.807, 2.05) is 19.2 Å². The van der Waals surface area contributed by atoms with Crippen LogP contribution in [0.25, 0.3) is 11.0 Å². The average Bonchev–Trinajstić information content (AvgIpc) is 3.06. The predicted octanol–water partition coefficient (Wildman–Crippen LogP) is 4.97. The van der Waals surface area contributed by atoms with Crippen LogP contribution >= 0.6 is 11.6 Å². The molecule has 0 aliphatic heterocycles. The van der Waals surface area contributed by atoms with E-state index in [0.29, 0.717) is 36.1 Å². The fourth-order valence-corrected chi connectivity index (χ4v) is 3.37. The number of halogens is 3. The fourth-order valence-electron chi connectivity index (χ4n) is 3.19. The molecule has 0 bridgehead atoms. The number of hydrogen-bond acceptors (Lipinski definition) is 3. The second-order valence-corrected chi connectivity index (χ2v) is 7.14. The van der Waals surface area contributed by atoms with E-state index >= 15 is 0 Å². The number of rotatable bonds is 5. The molecule has 7 heteroatoms. The van der Waals surface area contributed by atoms with Gasteiger partial charge in [-0.3, -0.25) is 0 Å². The summed E-state index contributed by atoms with van der Waals surface area (Å²) in [5.74, 6) is -0.939. The first-order chi connectivity index (χ1) is 13.5. The predicted molar refractivity (Wildman–Crippen MR) is 104 cm³/mol. The van der Waals surface area contributed by atoms with E-state index in [2.05, 4.69) is 19.9 Å². The maximum Gasteiger partial charge on any atom is 0.216 e. The molecule has 0 atom stereocenters. The zero-order chi connectivity index (χ0) is 19.7. The van der Waals surface area contributed by atoms with Crippen molar-refractivity contribution in [1.29, 1.82) is 0 Å². The molecule has 0 unspecified atom stereocenters. The van der Waals surface area contributed by atoms with Gasteiger partial charge in [-0.2, -0.15) is 4.39 Å². The fraction of sp³-hybridized carbons (Fsp3) is 0.190. The Kier molecular flexibility index (Phi) is 5.05. The van der Waals surface area contributed by atoms with Crippen LogP contribution in [0.4, 0.5) is 8.78 Å². The van der Waals surface area contributed by atoms with E-state index in [1.54, 1.807) is 18.3 Å². The van der Waals surface area contributed by atoms with E-state index in [-0.39, 0.29) is 5.15 Å². The summed E-state index contributed by atoms with van der Waals surface area (Å²) in [5.41, 5.74) is 4.30. The summed E-state index contributed by atoms with van der Waals surface area (Å²) < 4.78 is 28.3. The highest BCUT2D eigenvalue weighted by atomic mass is 35.5. The molecule has 4 heterocycles. The molecule has 142 valence electrons. The third-order valence-corrected chi connectivity index (χ3v) is 4.88. The van der Waals surface area contributed by atoms with Crippen LogP contribution in [0.3, 0.4) is 0 Å². The molecule has 4 rings (SSSR count). The number of aromatic nitrogens is 4. The maximum absolute atomic E-state index is 14.5. The van der Waals surface area contributed by atoms with Crippen molar-refractivity contribution >= 4 is 22.6 Å². The monoisotopic (exact) mass is 398 g/mol. The summed E-state index contributed by atoms with van der Waals surface area (Å²) in [6, 6.07) is 7.02. The van der Waals surface area contributed by atoms with Gasteiger partial charge in [0, 0.05) is 35.5 Å². The third kappa shape index (κ3) is 3.87. The molecule has 0 aromatic carbocycles. The van der Waals surface area contributed by atoms with Crippen LogP contribution in [-0.4, -0.2) is 19.9 Å². The van der Waals surface area contributed by atoms with Gasteiger partial charge >= 0.3 is 0 Å². The number of fused-ring (bicyclic) bond motifs is 1. The van der Waals surface area contributed by atoms with Gasteiger partial charge in [-0.15, -0.1) is 0 Å². The molecule has 0 aliphatic rings. The zero-order valence-electron chi connectivity index (χ0n) is 15.1. The summed E-state index contributed by atoms with van der Waals surface area (Å²) in [6.45, 7) is 1.97. The lowest BCUT2D eigenvalue weighted by Gasteiger charge is -2.07. The third-order valence-electron chi connectivity index (χ3n) is 4.67. The molecule has 4 aromatic rings. The summed E-state index contributed by atoms with van der Waals surface area (Å²) in [4.78, 5) is 15.2. The van der Waals surface area contributed by atoms with Gasteiger partial charge in [-0.25, -0.2) is 19.3 Å². The molecule has 0 radical (unpaired) electrons. The molecule has 4 nitrogen and oxygen atoms in total. The van der Waals surface area contributed by atoms with Crippen molar-refractivity contribution in [1.82, 2.24) is 19.9 Å². The number of nitrogens with zero attached hydrogens (tertiary/aromatic N) is 3. The minimum Gasteiger partial charge on any atom is -0.346 e. The van der Waals surface area contributed by atoms with Crippen molar-refractivity contribution in [2.75, 3.05) is 0 Å². The highest BCUT2D eigenvalue weighted by Crippen LogP contribution is 2.22. The van der Waals surface area contributed by atoms with Crippen molar-refractivity contribution in [2.24, 2.45) is 0 Å². The topological polar surface area (TPSA) is 54.5 Å². The molecule has 0 saturated heterocycles. The van der Waals surface area contributed by atoms with E-state index in [4.69, 9.17) is 11.6 Å². The minimum absolute atomic E-state index is 0.231. The van der Waals surface area contributed by atoms with Gasteiger partial charge in [0.15, 0.2) is 0 Å². The Balaban J connectivity index is 1.51. The lowest BCUT2D eigenvalue weighted by molar-refractivity contribution is 0.561. The molecular weight excluding hydrogens is 382 g/mol. The summed E-state index contributed by atoms with van der Waals surface area (Å²) >= 11 is 5.80. The number of H-pyrrole nitrogens is 1. The first-order valence-electron chi connectivity index (χ1n) is 8.86. The first-order valence-corrected chi connectivity index (χ1v) is 9.24. The molecule has 1 N–H and O–H groups in total. The number of aryl methyl sites for hydroxylation is 3. The van der Waals surface area contributed by atoms with Crippen LogP contribution in [0.1, 0.15) is 27.9 Å². The Morgan fingerprint density at radius 1 is 1.00 bits per heavy atom. The molecule has 0 saturated carbocycles. The second kappa shape index (κ2) is 7.64. The van der Waals surface area contributed by atoms with E-state index in [1.165, 1.54) is 6.07 Å². The molecule has 28 heavy (non-hydrogen) atoms. The normalized spacial score (nSPS) is 11.3. The highest BCUT2D eigenvalue weighted by Gasteiger charge is 2.12. The van der Waals surface area contributed by atoms with E-state index in [9.17, 15) is 8.78 Å². The first kappa shape index (κ1) is 18.5. The highest BCUT2D eigenvalue weighted by molar-refractivity contribution is 6.29. The summed E-state index contributed by atoms with van der Waals surface area (Å²) in [5, 5.41) is 1.21. The van der Waals surface area contributed by atoms with Crippen molar-refractivity contribution < 1.29 is 8.78 Å². The number of nitrogens with one attached hydrogen (secondary N) is 1. The summed E-state index contributed by atoms with van der Waals surface area (Å²) in [6.07, 6.45) is 5.92. The van der Waals surface area contributed by atoms with Crippen LogP contribution in [0.5, 0.6) is 0 Å². The molecule has 0 aliphatic carbocycles. The van der Waals surface area contributed by atoms with E-state index < -0.39 is 11.8 Å². The van der Waals surface area contributed by atoms with Gasteiger partial charge in [0.05, 0.1) is 6.20 Å². The van der Waals surface area contributed by atoms with E-state index in [0.717, 1.165) is 28.4 Å². The lowest BCUT2D eigenvalue weighted by Crippen LogP contribution is -2.02. The van der Waals surface area contributed by atoms with Crippen LogP contribution in [0, 0.1) is 18.7 Å². The Hall–Kier alpha value is -2.86. The van der Waals surface area contributed by atoms with Gasteiger partial charge < -0.3 is 4.98 Å². The standard InChI is InChI=1S/C21H17ClF2N4/c1-12-6-17-15(10-27-21(17)26-9-12)7-14-3-5-16(28-20(14)24)4-2-13-8-19(22)25-11-18(13)23/h3,5-6,8-11H,2,4,7H2,1H3,(H,26,27). The summed E-state index contributed by atoms with van der Waals surface area (Å²) in [7, 11) is 0. The number of aromatic amines is 1. The van der Waals surface area contributed by atoms with Gasteiger partial charge in [-0.1, -0.05) is 17.7 Å². The van der Waals surface area contributed by atoms with Crippen LogP contribution in [0.2, 0.25) is 5.15 Å². The van der Waals surface area contributed by atoms with Gasteiger partial charge in [0.2, 0.25) is 5.95 Å². The average molecular weight is 399 g/mol. The molecule has 0 fully saturated rings. The minimum atomic E-state index is -0.513. The van der Waals surface area contributed by atoms with Crippen LogP contribution in [-0.2, 0) is 19.3 Å². The van der Waals surface area contributed by atoms with Gasteiger partial charge in [0.25, 0.3) is 0 Å². The molecule has 0 spiro atoms. The maximum atomic E-state index is 14.5. The van der Waals surface area contributed by atoms with Gasteiger partial charge in [0.1, 0.15) is 16.6 Å². The van der Waals surface area contributed by atoms with Crippen LogP contribution < -0.4 is 0 Å². The molecule has 0 amide bonds. The number of hydrogen-bond donors (Lipinski definition) is 1. The molecular formula is C21H17ClF2N4. The second-order valence-electron chi connectivity index (χ2n) is 6.75. The molecule has 4 aromatic heterocycles. The van der Waals surface area contributed by atoms with Gasteiger partial charge in [-0.05, 0) is 54.7 Å². The number of pyridine rings is 3. The van der Waals surface area contributed by atoms with Crippen molar-refractivity contribution in [3.63, 3.8) is 0 Å². The Morgan fingerprint density at radius 3 is 2.68 bits per heavy atom. The van der Waals surface area contributed by atoms with Crippen molar-refractivity contribution in [2.45, 2.75) is 26.2 Å². The van der Waals surface area contributed by atoms with Crippen molar-refractivity contribution in [3.05, 3.63) is 87.7 Å². The van der Waals surface area contributed by atoms with Crippen molar-refractivity contribution in [3.8, 4) is 0 Å². The largest absolute Gasteiger partial charge is 0.346 e. The Labute approximate surface area is 165 Å². The lowest BCUT2D eigenvalue weighted by atomic mass is 10.0. The zero-order valence-corrected chi connectivity index (χ0v) is 15.9. The quantitative estimate of drug-likeness (QED) is 0.483. The SMILES string of the molecule is Cc1cnc2[nH]cc(Cc3ccc(CCc4cc(Cl)ncc4F)nc3F)c2c1. The Morgan fingerprint density at radius 2 is 1.86 bits per heavy atom. The Bertz CT molecular complexity index is 1160. The smallest absolute Gasteiger partial charge is 0.216 e.